The maximum absolute atomic E-state index is 13.7. The van der Waals surface area contributed by atoms with Gasteiger partial charge in [-0.15, -0.1) is 0 Å². The van der Waals surface area contributed by atoms with Crippen molar-refractivity contribution in [3.8, 4) is 5.69 Å². The van der Waals surface area contributed by atoms with Gasteiger partial charge in [0.15, 0.2) is 0 Å². The fourth-order valence-electron chi connectivity index (χ4n) is 3.05. The van der Waals surface area contributed by atoms with Crippen molar-refractivity contribution in [1.82, 2.24) is 19.4 Å². The zero-order valence-corrected chi connectivity index (χ0v) is 15.8. The molecule has 0 saturated carbocycles. The molecule has 0 aliphatic carbocycles. The first kappa shape index (κ1) is 23.1. The quantitative estimate of drug-likeness (QED) is 0.394. The third-order valence-electron chi connectivity index (χ3n) is 4.46. The van der Waals surface area contributed by atoms with Crippen LogP contribution < -0.4 is 16.4 Å². The summed E-state index contributed by atoms with van der Waals surface area (Å²) >= 11 is 0. The monoisotopic (exact) mass is 464 g/mol. The number of aromatic amines is 1. The summed E-state index contributed by atoms with van der Waals surface area (Å²) in [6, 6.07) is 2.78. The van der Waals surface area contributed by atoms with Crippen LogP contribution in [0.25, 0.3) is 16.7 Å². The molecular formula is C18H14F6N4O4. The molecule has 2 heterocycles. The number of rotatable bonds is 5. The van der Waals surface area contributed by atoms with Crippen molar-refractivity contribution in [2.24, 2.45) is 0 Å². The van der Waals surface area contributed by atoms with E-state index in [0.717, 1.165) is 27.6 Å². The Bertz CT molecular complexity index is 1290. The minimum atomic E-state index is -5.11. The predicted octanol–water partition coefficient (Wildman–Crippen LogP) is 1.67. The van der Waals surface area contributed by atoms with Crippen molar-refractivity contribution in [2.75, 3.05) is 6.61 Å². The molecule has 0 aliphatic heterocycles. The molecule has 8 nitrogen and oxygen atoms in total. The van der Waals surface area contributed by atoms with E-state index in [4.69, 9.17) is 5.11 Å². The highest BCUT2D eigenvalue weighted by Gasteiger charge is 2.38. The fraction of sp³-hybridized carbons (Fsp3) is 0.278. The van der Waals surface area contributed by atoms with Gasteiger partial charge in [0.2, 0.25) is 0 Å². The van der Waals surface area contributed by atoms with E-state index >= 15 is 0 Å². The number of aliphatic hydroxyl groups is 1. The van der Waals surface area contributed by atoms with Crippen molar-refractivity contribution in [1.29, 1.82) is 0 Å². The molecule has 0 spiro atoms. The van der Waals surface area contributed by atoms with Gasteiger partial charge in [0.25, 0.3) is 0 Å². The van der Waals surface area contributed by atoms with E-state index < -0.39 is 53.8 Å². The SMILES string of the molecule is O=C(NCc1ccn(-c2cc3c(cc2C(F)(F)F)[nH]c(=O)c(=O)n3CCO)c1)C(F)(F)F. The van der Waals surface area contributed by atoms with Gasteiger partial charge in [0.1, 0.15) is 0 Å². The van der Waals surface area contributed by atoms with E-state index in [0.29, 0.717) is 6.07 Å². The van der Waals surface area contributed by atoms with Crippen molar-refractivity contribution in [2.45, 2.75) is 25.4 Å². The van der Waals surface area contributed by atoms with E-state index in [-0.39, 0.29) is 23.1 Å². The Labute approximate surface area is 173 Å². The van der Waals surface area contributed by atoms with Gasteiger partial charge >= 0.3 is 29.4 Å². The molecule has 3 N–H and O–H groups in total. The molecule has 0 bridgehead atoms. The summed E-state index contributed by atoms with van der Waals surface area (Å²) in [4.78, 5) is 36.9. The van der Waals surface area contributed by atoms with Gasteiger partial charge in [-0.25, -0.2) is 0 Å². The topological polar surface area (TPSA) is 109 Å². The van der Waals surface area contributed by atoms with Gasteiger partial charge < -0.3 is 20.0 Å². The molecule has 0 aliphatic rings. The number of hydrogen-bond donors (Lipinski definition) is 3. The van der Waals surface area contributed by atoms with Crippen LogP contribution in [0.4, 0.5) is 26.3 Å². The first-order valence-corrected chi connectivity index (χ1v) is 8.84. The largest absolute Gasteiger partial charge is 0.471 e. The number of aromatic nitrogens is 3. The van der Waals surface area contributed by atoms with Crippen LogP contribution in [0.1, 0.15) is 11.1 Å². The number of amides is 1. The molecule has 3 rings (SSSR count). The molecule has 2 aromatic heterocycles. The lowest BCUT2D eigenvalue weighted by Gasteiger charge is -2.17. The number of halogens is 6. The Kier molecular flexibility index (Phi) is 5.91. The zero-order valence-electron chi connectivity index (χ0n) is 15.8. The van der Waals surface area contributed by atoms with Crippen molar-refractivity contribution in [3.63, 3.8) is 0 Å². The lowest BCUT2D eigenvalue weighted by molar-refractivity contribution is -0.173. The zero-order chi connectivity index (χ0) is 23.8. The van der Waals surface area contributed by atoms with E-state index in [9.17, 15) is 40.7 Å². The summed E-state index contributed by atoms with van der Waals surface area (Å²) in [6.07, 6.45) is -7.80. The minimum absolute atomic E-state index is 0.0741. The van der Waals surface area contributed by atoms with Crippen LogP contribution in [0.2, 0.25) is 0 Å². The summed E-state index contributed by atoms with van der Waals surface area (Å²) in [6.45, 7) is -1.52. The first-order valence-electron chi connectivity index (χ1n) is 8.84. The number of hydrogen-bond acceptors (Lipinski definition) is 4. The molecule has 0 fully saturated rings. The molecule has 172 valence electrons. The smallest absolute Gasteiger partial charge is 0.395 e. The average molecular weight is 464 g/mol. The Balaban J connectivity index is 2.13. The summed E-state index contributed by atoms with van der Waals surface area (Å²) < 4.78 is 79.7. The molecule has 3 aromatic rings. The molecule has 0 atom stereocenters. The summed E-state index contributed by atoms with van der Waals surface area (Å²) in [5, 5.41) is 10.8. The fourth-order valence-corrected chi connectivity index (χ4v) is 3.05. The number of fused-ring (bicyclic) bond motifs is 1. The number of carbonyl (C=O) groups excluding carboxylic acids is 1. The second-order valence-electron chi connectivity index (χ2n) is 6.63. The number of nitrogens with zero attached hydrogens (tertiary/aromatic N) is 2. The Morgan fingerprint density at radius 1 is 1.12 bits per heavy atom. The van der Waals surface area contributed by atoms with Gasteiger partial charge in [-0.3, -0.25) is 19.0 Å². The normalized spacial score (nSPS) is 12.3. The summed E-state index contributed by atoms with van der Waals surface area (Å²) in [7, 11) is 0. The van der Waals surface area contributed by atoms with E-state index in [1.807, 2.05) is 0 Å². The van der Waals surface area contributed by atoms with Crippen molar-refractivity contribution < 1.29 is 36.2 Å². The molecule has 1 aromatic carbocycles. The lowest BCUT2D eigenvalue weighted by Crippen LogP contribution is -2.37. The van der Waals surface area contributed by atoms with Crippen LogP contribution in [0.3, 0.4) is 0 Å². The molecule has 0 unspecified atom stereocenters. The van der Waals surface area contributed by atoms with E-state index in [1.54, 1.807) is 5.32 Å². The molecular weight excluding hydrogens is 450 g/mol. The second-order valence-corrected chi connectivity index (χ2v) is 6.63. The highest BCUT2D eigenvalue weighted by atomic mass is 19.4. The number of carbonyl (C=O) groups is 1. The molecule has 1 amide bonds. The van der Waals surface area contributed by atoms with Crippen molar-refractivity contribution in [3.05, 3.63) is 62.4 Å². The molecule has 0 radical (unpaired) electrons. The molecule has 0 saturated heterocycles. The maximum Gasteiger partial charge on any atom is 0.471 e. The number of nitrogens with one attached hydrogen (secondary N) is 2. The van der Waals surface area contributed by atoms with Crippen LogP contribution >= 0.6 is 0 Å². The van der Waals surface area contributed by atoms with Crippen LogP contribution in [-0.4, -0.2) is 37.9 Å². The third kappa shape index (κ3) is 4.54. The average Bonchev–Trinajstić information content (AvgIpc) is 3.16. The van der Waals surface area contributed by atoms with Crippen LogP contribution in [0.15, 0.2) is 40.2 Å². The second kappa shape index (κ2) is 8.18. The van der Waals surface area contributed by atoms with E-state index in [2.05, 4.69) is 4.98 Å². The van der Waals surface area contributed by atoms with Gasteiger partial charge in [0, 0.05) is 25.5 Å². The standard InChI is InChI=1S/C18H14F6N4O4/c19-17(20,21)10-5-11-13(28(3-4-29)15(31)14(30)26-11)6-12(10)27-2-1-9(8-27)7-25-16(32)18(22,23)24/h1-2,5-6,8,29H,3-4,7H2,(H,25,32)(H,26,30). The summed E-state index contributed by atoms with van der Waals surface area (Å²) in [5.41, 5.74) is -4.27. The molecule has 14 heteroatoms. The Hall–Kier alpha value is -3.55. The predicted molar refractivity (Wildman–Crippen MR) is 98.1 cm³/mol. The Morgan fingerprint density at radius 2 is 1.81 bits per heavy atom. The number of H-pyrrole nitrogens is 1. The number of benzene rings is 1. The number of aliphatic hydroxyl groups excluding tert-OH is 1. The minimum Gasteiger partial charge on any atom is -0.395 e. The van der Waals surface area contributed by atoms with Crippen molar-refractivity contribution >= 4 is 16.9 Å². The highest BCUT2D eigenvalue weighted by molar-refractivity contribution is 5.81. The van der Waals surface area contributed by atoms with Gasteiger partial charge in [0.05, 0.1) is 28.9 Å². The van der Waals surface area contributed by atoms with E-state index in [1.165, 1.54) is 6.07 Å². The van der Waals surface area contributed by atoms with Gasteiger partial charge in [-0.05, 0) is 23.8 Å². The Morgan fingerprint density at radius 3 is 2.41 bits per heavy atom. The van der Waals surface area contributed by atoms with Crippen LogP contribution in [0.5, 0.6) is 0 Å². The van der Waals surface area contributed by atoms with Crippen LogP contribution in [-0.2, 0) is 24.1 Å². The number of alkyl halides is 6. The molecule has 32 heavy (non-hydrogen) atoms. The maximum atomic E-state index is 13.7. The highest BCUT2D eigenvalue weighted by Crippen LogP contribution is 2.36. The van der Waals surface area contributed by atoms with Crippen LogP contribution in [0, 0.1) is 0 Å². The third-order valence-corrected chi connectivity index (χ3v) is 4.46. The van der Waals surface area contributed by atoms with Gasteiger partial charge in [-0.1, -0.05) is 0 Å². The first-order chi connectivity index (χ1) is 14.8. The van der Waals surface area contributed by atoms with Gasteiger partial charge in [-0.2, -0.15) is 26.3 Å². The summed E-state index contributed by atoms with van der Waals surface area (Å²) in [5.74, 6) is -2.20. The lowest BCUT2D eigenvalue weighted by atomic mass is 10.1.